The number of hydrogen-bond acceptors (Lipinski definition) is 4. The molecule has 1 fully saturated rings. The molecular formula is C13H22N6. The van der Waals surface area contributed by atoms with Gasteiger partial charge in [-0.05, 0) is 26.9 Å². The van der Waals surface area contributed by atoms with Crippen molar-refractivity contribution in [3.63, 3.8) is 0 Å². The van der Waals surface area contributed by atoms with Gasteiger partial charge >= 0.3 is 0 Å². The van der Waals surface area contributed by atoms with Gasteiger partial charge in [-0.1, -0.05) is 12.8 Å². The van der Waals surface area contributed by atoms with E-state index in [4.69, 9.17) is 10.8 Å². The Hall–Kier alpha value is -1.56. The standard InChI is InChI=1S/C13H22N6/c1-18(2)7-8-19-13-10(12(14)15-16-13)11(17-19)9-5-3-4-6-9/h9H,3-8H2,1-2H3,(H3,14,15,16). The highest BCUT2D eigenvalue weighted by molar-refractivity contribution is 5.89. The van der Waals surface area contributed by atoms with E-state index in [2.05, 4.69) is 29.2 Å². The molecule has 0 bridgehead atoms. The number of nitrogens with two attached hydrogens (primary N) is 1. The molecule has 104 valence electrons. The molecule has 6 nitrogen and oxygen atoms in total. The molecule has 0 spiro atoms. The number of nitrogen functional groups attached to an aromatic ring is 1. The van der Waals surface area contributed by atoms with Gasteiger partial charge < -0.3 is 10.6 Å². The van der Waals surface area contributed by atoms with Crippen LogP contribution in [-0.4, -0.2) is 45.5 Å². The third-order valence-electron chi connectivity index (χ3n) is 4.01. The van der Waals surface area contributed by atoms with E-state index in [1.807, 2.05) is 4.68 Å². The zero-order chi connectivity index (χ0) is 13.4. The largest absolute Gasteiger partial charge is 0.383 e. The lowest BCUT2D eigenvalue weighted by Crippen LogP contribution is -2.19. The summed E-state index contributed by atoms with van der Waals surface area (Å²) in [5.74, 6) is 1.22. The number of aromatic nitrogens is 4. The van der Waals surface area contributed by atoms with Gasteiger partial charge in [0, 0.05) is 12.5 Å². The fourth-order valence-electron chi connectivity index (χ4n) is 2.95. The highest BCUT2D eigenvalue weighted by Gasteiger charge is 2.26. The van der Waals surface area contributed by atoms with Crippen molar-refractivity contribution in [1.82, 2.24) is 24.9 Å². The second-order valence-electron chi connectivity index (χ2n) is 5.73. The van der Waals surface area contributed by atoms with Gasteiger partial charge in [0.25, 0.3) is 0 Å². The Morgan fingerprint density at radius 2 is 2.11 bits per heavy atom. The lowest BCUT2D eigenvalue weighted by molar-refractivity contribution is 0.374. The molecule has 0 aromatic carbocycles. The molecule has 3 rings (SSSR count). The topological polar surface area (TPSA) is 75.8 Å². The van der Waals surface area contributed by atoms with Crippen LogP contribution in [0.4, 0.5) is 5.82 Å². The van der Waals surface area contributed by atoms with Gasteiger partial charge in [-0.2, -0.15) is 10.2 Å². The van der Waals surface area contributed by atoms with Crippen LogP contribution < -0.4 is 5.73 Å². The zero-order valence-corrected chi connectivity index (χ0v) is 11.7. The number of anilines is 1. The lowest BCUT2D eigenvalue weighted by atomic mass is 10.0. The minimum Gasteiger partial charge on any atom is -0.383 e. The van der Waals surface area contributed by atoms with Crippen LogP contribution in [0.25, 0.3) is 11.0 Å². The Balaban J connectivity index is 1.98. The second kappa shape index (κ2) is 4.85. The van der Waals surface area contributed by atoms with E-state index in [1.54, 1.807) is 0 Å². The Labute approximate surface area is 112 Å². The number of nitrogens with one attached hydrogen (secondary N) is 1. The summed E-state index contributed by atoms with van der Waals surface area (Å²) in [5.41, 5.74) is 8.09. The van der Waals surface area contributed by atoms with Crippen molar-refractivity contribution in [2.45, 2.75) is 38.1 Å². The Bertz CT molecular complexity index is 561. The van der Waals surface area contributed by atoms with E-state index in [1.165, 1.54) is 25.7 Å². The minimum atomic E-state index is 0.558. The Morgan fingerprint density at radius 1 is 1.37 bits per heavy atom. The van der Waals surface area contributed by atoms with Crippen molar-refractivity contribution in [2.75, 3.05) is 26.4 Å². The molecule has 0 unspecified atom stereocenters. The molecule has 2 heterocycles. The lowest BCUT2D eigenvalue weighted by Gasteiger charge is -2.09. The highest BCUT2D eigenvalue weighted by Crippen LogP contribution is 2.38. The van der Waals surface area contributed by atoms with Crippen molar-refractivity contribution in [3.8, 4) is 0 Å². The average molecular weight is 262 g/mol. The molecule has 1 aliphatic rings. The fraction of sp³-hybridized carbons (Fsp3) is 0.692. The molecule has 0 atom stereocenters. The van der Waals surface area contributed by atoms with Crippen molar-refractivity contribution in [3.05, 3.63) is 5.69 Å². The molecular weight excluding hydrogens is 240 g/mol. The van der Waals surface area contributed by atoms with Crippen molar-refractivity contribution in [1.29, 1.82) is 0 Å². The molecule has 19 heavy (non-hydrogen) atoms. The molecule has 0 aliphatic heterocycles. The summed E-state index contributed by atoms with van der Waals surface area (Å²) in [4.78, 5) is 2.15. The van der Waals surface area contributed by atoms with E-state index in [0.717, 1.165) is 29.8 Å². The van der Waals surface area contributed by atoms with Gasteiger partial charge in [0.15, 0.2) is 5.65 Å². The average Bonchev–Trinajstić information content (AvgIpc) is 3.05. The normalized spacial score (nSPS) is 17.0. The molecule has 1 aliphatic carbocycles. The molecule has 0 amide bonds. The number of rotatable bonds is 4. The summed E-state index contributed by atoms with van der Waals surface area (Å²) in [6.07, 6.45) is 5.05. The number of aromatic amines is 1. The summed E-state index contributed by atoms with van der Waals surface area (Å²) < 4.78 is 2.00. The maximum Gasteiger partial charge on any atom is 0.182 e. The Morgan fingerprint density at radius 3 is 2.79 bits per heavy atom. The molecule has 0 radical (unpaired) electrons. The van der Waals surface area contributed by atoms with E-state index >= 15 is 0 Å². The van der Waals surface area contributed by atoms with Crippen LogP contribution in [0, 0.1) is 0 Å². The Kier molecular flexibility index (Phi) is 3.18. The van der Waals surface area contributed by atoms with Gasteiger partial charge in [-0.3, -0.25) is 5.10 Å². The van der Waals surface area contributed by atoms with Gasteiger partial charge in [0.1, 0.15) is 5.82 Å². The molecule has 3 N–H and O–H groups in total. The van der Waals surface area contributed by atoms with Gasteiger partial charge in [-0.25, -0.2) is 4.68 Å². The summed E-state index contributed by atoms with van der Waals surface area (Å²) in [7, 11) is 4.13. The third kappa shape index (κ3) is 2.20. The predicted molar refractivity (Wildman–Crippen MR) is 76.1 cm³/mol. The van der Waals surface area contributed by atoms with E-state index in [-0.39, 0.29) is 0 Å². The maximum absolute atomic E-state index is 6.03. The van der Waals surface area contributed by atoms with Gasteiger partial charge in [-0.15, -0.1) is 0 Å². The van der Waals surface area contributed by atoms with Crippen LogP contribution in [0.2, 0.25) is 0 Å². The van der Waals surface area contributed by atoms with Crippen molar-refractivity contribution >= 4 is 16.9 Å². The van der Waals surface area contributed by atoms with Crippen LogP contribution in [0.3, 0.4) is 0 Å². The van der Waals surface area contributed by atoms with Gasteiger partial charge in [0.2, 0.25) is 0 Å². The zero-order valence-electron chi connectivity index (χ0n) is 11.7. The second-order valence-corrected chi connectivity index (χ2v) is 5.73. The SMILES string of the molecule is CN(C)CCn1nc(C2CCCC2)c2c(N)[nH]nc21. The number of H-pyrrole nitrogens is 1. The van der Waals surface area contributed by atoms with Crippen LogP contribution in [0.1, 0.15) is 37.3 Å². The maximum atomic E-state index is 6.03. The quantitative estimate of drug-likeness (QED) is 0.876. The van der Waals surface area contributed by atoms with Crippen LogP contribution in [0.15, 0.2) is 0 Å². The first-order valence-corrected chi connectivity index (χ1v) is 7.02. The number of hydrogen-bond donors (Lipinski definition) is 2. The summed E-state index contributed by atoms with van der Waals surface area (Å²) in [6.45, 7) is 1.80. The molecule has 2 aromatic rings. The third-order valence-corrected chi connectivity index (χ3v) is 4.01. The summed E-state index contributed by atoms with van der Waals surface area (Å²) in [6, 6.07) is 0. The number of nitrogens with zero attached hydrogens (tertiary/aromatic N) is 4. The molecule has 1 saturated carbocycles. The van der Waals surface area contributed by atoms with E-state index in [9.17, 15) is 0 Å². The van der Waals surface area contributed by atoms with Crippen LogP contribution in [0.5, 0.6) is 0 Å². The summed E-state index contributed by atoms with van der Waals surface area (Å²) in [5, 5.41) is 13.1. The number of fused-ring (bicyclic) bond motifs is 1. The van der Waals surface area contributed by atoms with Crippen molar-refractivity contribution < 1.29 is 0 Å². The highest BCUT2D eigenvalue weighted by atomic mass is 15.4. The minimum absolute atomic E-state index is 0.558. The molecule has 2 aromatic heterocycles. The van der Waals surface area contributed by atoms with Gasteiger partial charge in [0.05, 0.1) is 17.6 Å². The molecule has 0 saturated heterocycles. The van der Waals surface area contributed by atoms with Crippen LogP contribution >= 0.6 is 0 Å². The fourth-order valence-corrected chi connectivity index (χ4v) is 2.95. The van der Waals surface area contributed by atoms with Crippen LogP contribution in [-0.2, 0) is 6.54 Å². The summed E-state index contributed by atoms with van der Waals surface area (Å²) >= 11 is 0. The smallest absolute Gasteiger partial charge is 0.182 e. The van der Waals surface area contributed by atoms with Crippen molar-refractivity contribution in [2.24, 2.45) is 0 Å². The number of likely N-dealkylation sites (N-methyl/N-ethyl adjacent to an activating group) is 1. The predicted octanol–water partition coefficient (Wildman–Crippen LogP) is 1.56. The first-order valence-electron chi connectivity index (χ1n) is 7.02. The van der Waals surface area contributed by atoms with E-state index in [0.29, 0.717) is 11.7 Å². The molecule has 6 heteroatoms. The first-order chi connectivity index (χ1) is 9.16. The monoisotopic (exact) mass is 262 g/mol. The van der Waals surface area contributed by atoms with E-state index < -0.39 is 0 Å². The first kappa shape index (κ1) is 12.5.